The summed E-state index contributed by atoms with van der Waals surface area (Å²) in [6.07, 6.45) is -4.96. The zero-order valence-electron chi connectivity index (χ0n) is 16.9. The van der Waals surface area contributed by atoms with E-state index in [9.17, 15) is 28.0 Å². The predicted molar refractivity (Wildman–Crippen MR) is 119 cm³/mol. The lowest BCUT2D eigenvalue weighted by Crippen LogP contribution is -2.31. The highest BCUT2D eigenvalue weighted by Gasteiger charge is 2.41. The zero-order valence-corrected chi connectivity index (χ0v) is 19.2. The second kappa shape index (κ2) is 10.4. The van der Waals surface area contributed by atoms with E-state index in [0.717, 1.165) is 0 Å². The van der Waals surface area contributed by atoms with Crippen LogP contribution in [0.5, 0.6) is 0 Å². The number of nitriles is 1. The maximum absolute atomic E-state index is 13.8. The summed E-state index contributed by atoms with van der Waals surface area (Å²) >= 11 is 17.5. The Kier molecular flexibility index (Phi) is 7.77. The number of nitrogens with zero attached hydrogens (tertiary/aromatic N) is 2. The summed E-state index contributed by atoms with van der Waals surface area (Å²) in [5.41, 5.74) is -1.57. The molecule has 1 amide bonds. The number of rotatable bonds is 6. The van der Waals surface area contributed by atoms with Gasteiger partial charge in [0, 0.05) is 15.6 Å². The third-order valence-electron chi connectivity index (χ3n) is 4.56. The first kappa shape index (κ1) is 25.4. The number of carbonyl (C=O) groups is 2. The number of halogens is 6. The van der Waals surface area contributed by atoms with Crippen molar-refractivity contribution in [2.45, 2.75) is 12.9 Å². The van der Waals surface area contributed by atoms with Gasteiger partial charge in [0.2, 0.25) is 0 Å². The number of aromatic nitrogens is 1. The third-order valence-corrected chi connectivity index (χ3v) is 5.43. The van der Waals surface area contributed by atoms with E-state index < -0.39 is 47.6 Å². The number of benzene rings is 2. The maximum Gasteiger partial charge on any atom is 0.433 e. The van der Waals surface area contributed by atoms with Crippen LogP contribution in [-0.4, -0.2) is 23.0 Å². The van der Waals surface area contributed by atoms with E-state index in [1.165, 1.54) is 48.5 Å². The molecule has 1 N–H and O–H groups in total. The van der Waals surface area contributed by atoms with Gasteiger partial charge in [0.1, 0.15) is 18.3 Å². The molecule has 3 aromatic rings. The minimum absolute atomic E-state index is 0.199. The summed E-state index contributed by atoms with van der Waals surface area (Å²) in [4.78, 5) is 24.2. The van der Waals surface area contributed by atoms with Gasteiger partial charge >= 0.3 is 12.1 Å². The lowest BCUT2D eigenvalue weighted by molar-refractivity contribution is -0.154. The molecule has 0 saturated heterocycles. The highest BCUT2D eigenvalue weighted by molar-refractivity contribution is 6.33. The van der Waals surface area contributed by atoms with Crippen LogP contribution < -0.4 is 5.32 Å². The molecule has 12 heteroatoms. The Labute approximate surface area is 206 Å². The minimum Gasteiger partial charge on any atom is -0.443 e. The number of ether oxygens (including phenoxy) is 1. The number of amides is 1. The average Bonchev–Trinajstić information content (AvgIpc) is 3.08. The Bertz CT molecular complexity index is 1270. The SMILES string of the molecule is N#Cc1c(Cl)c(C(F)(F)F)n(COC(=O)CNC(=O)c2ccc(Cl)cc2)c1-c1ccc(Cl)cc1. The number of nitrogens with one attached hydrogen (secondary N) is 1. The van der Waals surface area contributed by atoms with E-state index in [2.05, 4.69) is 5.32 Å². The topological polar surface area (TPSA) is 84.1 Å². The van der Waals surface area contributed by atoms with E-state index in [4.69, 9.17) is 39.5 Å². The molecule has 0 saturated carbocycles. The van der Waals surface area contributed by atoms with Gasteiger partial charge in [-0.25, -0.2) is 0 Å². The van der Waals surface area contributed by atoms with Crippen molar-refractivity contribution >= 4 is 46.7 Å². The molecule has 34 heavy (non-hydrogen) atoms. The molecule has 0 fully saturated rings. The molecule has 0 spiro atoms. The summed E-state index contributed by atoms with van der Waals surface area (Å²) in [5.74, 6) is -1.62. The molecule has 0 aliphatic rings. The van der Waals surface area contributed by atoms with Gasteiger partial charge in [0.25, 0.3) is 5.91 Å². The first-order valence-electron chi connectivity index (χ1n) is 9.37. The number of hydrogen-bond donors (Lipinski definition) is 1. The number of alkyl halides is 3. The van der Waals surface area contributed by atoms with Crippen LogP contribution >= 0.6 is 34.8 Å². The molecule has 0 unspecified atom stereocenters. The fourth-order valence-corrected chi connectivity index (χ4v) is 3.64. The van der Waals surface area contributed by atoms with Crippen molar-refractivity contribution < 1.29 is 27.5 Å². The number of hydrogen-bond acceptors (Lipinski definition) is 4. The molecule has 0 bridgehead atoms. The van der Waals surface area contributed by atoms with Crippen LogP contribution in [0.2, 0.25) is 15.1 Å². The fraction of sp³-hybridized carbons (Fsp3) is 0.136. The Morgan fingerprint density at radius 1 is 1.00 bits per heavy atom. The first-order chi connectivity index (χ1) is 16.0. The smallest absolute Gasteiger partial charge is 0.433 e. The predicted octanol–water partition coefficient (Wildman–Crippen LogP) is 5.94. The monoisotopic (exact) mass is 529 g/mol. The summed E-state index contributed by atoms with van der Waals surface area (Å²) in [7, 11) is 0. The summed E-state index contributed by atoms with van der Waals surface area (Å²) in [6.45, 7) is -1.52. The largest absolute Gasteiger partial charge is 0.443 e. The molecule has 0 aliphatic heterocycles. The number of esters is 1. The van der Waals surface area contributed by atoms with E-state index in [-0.39, 0.29) is 16.8 Å². The van der Waals surface area contributed by atoms with Gasteiger partial charge in [0.05, 0.1) is 16.3 Å². The van der Waals surface area contributed by atoms with Crippen LogP contribution in [0.25, 0.3) is 11.3 Å². The van der Waals surface area contributed by atoms with Crippen LogP contribution in [0.3, 0.4) is 0 Å². The molecular weight excluding hydrogens is 518 g/mol. The first-order valence-corrected chi connectivity index (χ1v) is 10.5. The molecule has 2 aromatic carbocycles. The normalized spacial score (nSPS) is 11.1. The Hall–Kier alpha value is -3.19. The van der Waals surface area contributed by atoms with Gasteiger partial charge in [-0.15, -0.1) is 0 Å². The molecule has 3 rings (SSSR count). The van der Waals surface area contributed by atoms with Crippen LogP contribution in [-0.2, 0) is 22.4 Å². The molecule has 0 radical (unpaired) electrons. The molecular formula is C22H13Cl3F3N3O3. The van der Waals surface area contributed by atoms with E-state index >= 15 is 0 Å². The van der Waals surface area contributed by atoms with Gasteiger partial charge in [-0.05, 0) is 42.0 Å². The van der Waals surface area contributed by atoms with Gasteiger partial charge in [-0.1, -0.05) is 46.9 Å². The molecule has 1 heterocycles. The molecule has 176 valence electrons. The zero-order chi connectivity index (χ0) is 25.0. The van der Waals surface area contributed by atoms with Gasteiger partial charge in [0.15, 0.2) is 6.73 Å². The lowest BCUT2D eigenvalue weighted by atomic mass is 10.1. The molecule has 1 aromatic heterocycles. The van der Waals surface area contributed by atoms with Crippen LogP contribution in [0, 0.1) is 11.3 Å². The second-order valence-corrected chi connectivity index (χ2v) is 8.02. The highest BCUT2D eigenvalue weighted by atomic mass is 35.5. The number of carbonyl (C=O) groups excluding carboxylic acids is 2. The van der Waals surface area contributed by atoms with E-state index in [0.29, 0.717) is 14.6 Å². The van der Waals surface area contributed by atoms with Gasteiger partial charge < -0.3 is 14.6 Å². The van der Waals surface area contributed by atoms with E-state index in [1.807, 2.05) is 0 Å². The summed E-state index contributed by atoms with van der Waals surface area (Å²) in [5, 5.41) is 11.7. The van der Waals surface area contributed by atoms with Crippen LogP contribution in [0.15, 0.2) is 48.5 Å². The standard InChI is InChI=1S/C22H13Cl3F3N3O3/c23-14-5-1-12(2-6-14)19-16(9-29)18(25)20(22(26,27)28)31(19)11-34-17(32)10-30-21(33)13-3-7-15(24)8-4-13/h1-8H,10-11H2,(H,30,33). The van der Waals surface area contributed by atoms with Crippen LogP contribution in [0.1, 0.15) is 21.6 Å². The molecule has 0 atom stereocenters. The fourth-order valence-electron chi connectivity index (χ4n) is 3.05. The second-order valence-electron chi connectivity index (χ2n) is 6.77. The van der Waals surface area contributed by atoms with Crippen molar-refractivity contribution in [3.8, 4) is 17.3 Å². The van der Waals surface area contributed by atoms with Crippen molar-refractivity contribution in [1.82, 2.24) is 9.88 Å². The van der Waals surface area contributed by atoms with Crippen LogP contribution in [0.4, 0.5) is 13.2 Å². The average molecular weight is 531 g/mol. The van der Waals surface area contributed by atoms with Crippen molar-refractivity contribution in [2.24, 2.45) is 0 Å². The van der Waals surface area contributed by atoms with Gasteiger partial charge in [-0.3, -0.25) is 9.59 Å². The van der Waals surface area contributed by atoms with Gasteiger partial charge in [-0.2, -0.15) is 18.4 Å². The van der Waals surface area contributed by atoms with E-state index in [1.54, 1.807) is 6.07 Å². The van der Waals surface area contributed by atoms with Crippen molar-refractivity contribution in [3.63, 3.8) is 0 Å². The quantitative estimate of drug-likeness (QED) is 0.400. The Morgan fingerprint density at radius 3 is 2.09 bits per heavy atom. The van der Waals surface area contributed by atoms with Crippen molar-refractivity contribution in [1.29, 1.82) is 5.26 Å². The van der Waals surface area contributed by atoms with Crippen molar-refractivity contribution in [2.75, 3.05) is 6.54 Å². The molecule has 0 aliphatic carbocycles. The third kappa shape index (κ3) is 5.65. The molecule has 6 nitrogen and oxygen atoms in total. The minimum atomic E-state index is -4.96. The maximum atomic E-state index is 13.8. The van der Waals surface area contributed by atoms with Crippen molar-refractivity contribution in [3.05, 3.63) is 80.4 Å². The highest BCUT2D eigenvalue weighted by Crippen LogP contribution is 2.43. The lowest BCUT2D eigenvalue weighted by Gasteiger charge is -2.16. The summed E-state index contributed by atoms with van der Waals surface area (Å²) in [6, 6.07) is 13.1. The Balaban J connectivity index is 1.84. The summed E-state index contributed by atoms with van der Waals surface area (Å²) < 4.78 is 46.9. The Morgan fingerprint density at radius 2 is 1.56 bits per heavy atom.